The molecular weight excluding hydrogens is 392 g/mol. The number of amides is 2. The second kappa shape index (κ2) is 8.76. The summed E-state index contributed by atoms with van der Waals surface area (Å²) in [5.41, 5.74) is 5.05. The SMILES string of the molecule is CCn1cc(-c2cccc(N(O)C(=O)Nc3ccc(C)cc3)c2)c(-c2ccncn2)n1. The largest absolute Gasteiger partial charge is 0.350 e. The molecule has 0 saturated carbocycles. The van der Waals surface area contributed by atoms with Crippen LogP contribution in [0.5, 0.6) is 0 Å². The van der Waals surface area contributed by atoms with Gasteiger partial charge in [0, 0.05) is 30.2 Å². The van der Waals surface area contributed by atoms with Gasteiger partial charge in [-0.15, -0.1) is 0 Å². The molecule has 2 aromatic heterocycles. The third kappa shape index (κ3) is 4.44. The van der Waals surface area contributed by atoms with E-state index in [1.165, 1.54) is 6.33 Å². The van der Waals surface area contributed by atoms with Gasteiger partial charge in [0.2, 0.25) is 0 Å². The Hall–Kier alpha value is -4.04. The molecule has 8 heteroatoms. The van der Waals surface area contributed by atoms with E-state index in [2.05, 4.69) is 20.4 Å². The van der Waals surface area contributed by atoms with E-state index in [-0.39, 0.29) is 0 Å². The lowest BCUT2D eigenvalue weighted by Gasteiger charge is -2.17. The number of urea groups is 1. The number of nitrogens with zero attached hydrogens (tertiary/aromatic N) is 5. The minimum Gasteiger partial charge on any atom is -0.306 e. The van der Waals surface area contributed by atoms with Crippen molar-refractivity contribution in [1.29, 1.82) is 0 Å². The fourth-order valence-corrected chi connectivity index (χ4v) is 3.15. The number of hydroxylamine groups is 1. The first-order valence-electron chi connectivity index (χ1n) is 9.86. The van der Waals surface area contributed by atoms with Crippen molar-refractivity contribution in [1.82, 2.24) is 19.7 Å². The van der Waals surface area contributed by atoms with Gasteiger partial charge in [0.1, 0.15) is 12.0 Å². The molecule has 4 aromatic rings. The van der Waals surface area contributed by atoms with Crippen molar-refractivity contribution in [2.45, 2.75) is 20.4 Å². The molecule has 0 aliphatic rings. The summed E-state index contributed by atoms with van der Waals surface area (Å²) in [6.07, 6.45) is 5.06. The Balaban J connectivity index is 1.63. The molecule has 2 amide bonds. The Morgan fingerprint density at radius 2 is 1.97 bits per heavy atom. The fraction of sp³-hybridized carbons (Fsp3) is 0.130. The van der Waals surface area contributed by atoms with Crippen LogP contribution < -0.4 is 10.4 Å². The van der Waals surface area contributed by atoms with E-state index in [1.54, 1.807) is 42.6 Å². The van der Waals surface area contributed by atoms with Crippen LogP contribution in [0, 0.1) is 6.92 Å². The van der Waals surface area contributed by atoms with Crippen molar-refractivity contribution >= 4 is 17.4 Å². The van der Waals surface area contributed by atoms with Gasteiger partial charge in [0.15, 0.2) is 0 Å². The smallest absolute Gasteiger partial charge is 0.306 e. The lowest BCUT2D eigenvalue weighted by molar-refractivity contribution is 0.216. The van der Waals surface area contributed by atoms with Gasteiger partial charge in [-0.05, 0) is 49.7 Å². The average molecular weight is 414 g/mol. The highest BCUT2D eigenvalue weighted by Crippen LogP contribution is 2.32. The van der Waals surface area contributed by atoms with E-state index in [0.717, 1.165) is 16.7 Å². The number of carbonyl (C=O) groups excluding carboxylic acids is 1. The first-order chi connectivity index (χ1) is 15.0. The van der Waals surface area contributed by atoms with Gasteiger partial charge in [-0.3, -0.25) is 9.89 Å². The van der Waals surface area contributed by atoms with Gasteiger partial charge >= 0.3 is 6.03 Å². The molecule has 2 aromatic carbocycles. The van der Waals surface area contributed by atoms with Crippen molar-refractivity contribution in [3.05, 3.63) is 78.9 Å². The molecule has 4 rings (SSSR count). The van der Waals surface area contributed by atoms with Crippen LogP contribution in [0.2, 0.25) is 0 Å². The zero-order chi connectivity index (χ0) is 21.8. The van der Waals surface area contributed by atoms with Crippen LogP contribution in [-0.2, 0) is 6.54 Å². The number of nitrogens with one attached hydrogen (secondary N) is 1. The van der Waals surface area contributed by atoms with Crippen LogP contribution in [0.1, 0.15) is 12.5 Å². The zero-order valence-corrected chi connectivity index (χ0v) is 17.2. The summed E-state index contributed by atoms with van der Waals surface area (Å²) in [4.78, 5) is 20.8. The summed E-state index contributed by atoms with van der Waals surface area (Å²) < 4.78 is 1.82. The minimum atomic E-state index is -0.652. The number of aryl methyl sites for hydroxylation is 2. The van der Waals surface area contributed by atoms with Crippen LogP contribution in [-0.4, -0.2) is 31.0 Å². The van der Waals surface area contributed by atoms with Gasteiger partial charge in [-0.2, -0.15) is 10.2 Å². The highest BCUT2D eigenvalue weighted by atomic mass is 16.5. The van der Waals surface area contributed by atoms with Crippen molar-refractivity contribution in [3.63, 3.8) is 0 Å². The van der Waals surface area contributed by atoms with Gasteiger partial charge in [0.05, 0.1) is 11.4 Å². The Kier molecular flexibility index (Phi) is 5.72. The molecular formula is C23H22N6O2. The van der Waals surface area contributed by atoms with Crippen molar-refractivity contribution in [3.8, 4) is 22.5 Å². The van der Waals surface area contributed by atoms with Crippen LogP contribution >= 0.6 is 0 Å². The van der Waals surface area contributed by atoms with Gasteiger partial charge in [-0.1, -0.05) is 29.8 Å². The fourth-order valence-electron chi connectivity index (χ4n) is 3.15. The van der Waals surface area contributed by atoms with Crippen LogP contribution in [0.15, 0.2) is 73.3 Å². The second-order valence-electron chi connectivity index (χ2n) is 7.00. The molecule has 2 N–H and O–H groups in total. The summed E-state index contributed by atoms with van der Waals surface area (Å²) in [6, 6.07) is 15.6. The molecule has 0 spiro atoms. The molecule has 0 saturated heterocycles. The third-order valence-corrected chi connectivity index (χ3v) is 4.81. The molecule has 0 unspecified atom stereocenters. The summed E-state index contributed by atoms with van der Waals surface area (Å²) >= 11 is 0. The number of hydrogen-bond donors (Lipinski definition) is 2. The number of carbonyl (C=O) groups is 1. The quantitative estimate of drug-likeness (QED) is 0.362. The number of anilines is 2. The number of rotatable bonds is 5. The lowest BCUT2D eigenvalue weighted by atomic mass is 10.0. The molecule has 0 fully saturated rings. The minimum absolute atomic E-state index is 0.333. The van der Waals surface area contributed by atoms with E-state index in [0.29, 0.717) is 34.4 Å². The van der Waals surface area contributed by atoms with Crippen LogP contribution in [0.4, 0.5) is 16.2 Å². The predicted octanol–water partition coefficient (Wildman–Crippen LogP) is 4.76. The van der Waals surface area contributed by atoms with Crippen molar-refractivity contribution < 1.29 is 10.0 Å². The predicted molar refractivity (Wildman–Crippen MR) is 119 cm³/mol. The molecule has 156 valence electrons. The maximum Gasteiger partial charge on any atom is 0.350 e. The highest BCUT2D eigenvalue weighted by molar-refractivity contribution is 6.00. The summed E-state index contributed by atoms with van der Waals surface area (Å²) in [5, 5.41) is 18.4. The number of benzene rings is 2. The summed E-state index contributed by atoms with van der Waals surface area (Å²) in [6.45, 7) is 4.66. The standard InChI is InChI=1S/C23H22N6O2/c1-3-28-14-20(22(27-28)21-11-12-24-15-25-21)17-5-4-6-19(13-17)29(31)23(30)26-18-9-7-16(2)8-10-18/h4-15,31H,3H2,1-2H3,(H,26,30). The average Bonchev–Trinajstić information content (AvgIpc) is 3.25. The van der Waals surface area contributed by atoms with Crippen molar-refractivity contribution in [2.24, 2.45) is 0 Å². The highest BCUT2D eigenvalue weighted by Gasteiger charge is 2.17. The molecule has 0 aliphatic heterocycles. The normalized spacial score (nSPS) is 10.7. The maximum absolute atomic E-state index is 12.5. The molecule has 0 bridgehead atoms. The molecule has 0 atom stereocenters. The first-order valence-corrected chi connectivity index (χ1v) is 9.86. The molecule has 0 aliphatic carbocycles. The van der Waals surface area contributed by atoms with Crippen LogP contribution in [0.3, 0.4) is 0 Å². The Morgan fingerprint density at radius 1 is 1.16 bits per heavy atom. The van der Waals surface area contributed by atoms with Gasteiger partial charge in [0.25, 0.3) is 0 Å². The number of hydrogen-bond acceptors (Lipinski definition) is 5. The first kappa shape index (κ1) is 20.2. The third-order valence-electron chi connectivity index (χ3n) is 4.81. The van der Waals surface area contributed by atoms with E-state index in [4.69, 9.17) is 0 Å². The molecule has 8 nitrogen and oxygen atoms in total. The van der Waals surface area contributed by atoms with Crippen LogP contribution in [0.25, 0.3) is 22.5 Å². The topological polar surface area (TPSA) is 96.2 Å². The van der Waals surface area contributed by atoms with Gasteiger partial charge in [-0.25, -0.2) is 14.8 Å². The Morgan fingerprint density at radius 3 is 2.68 bits per heavy atom. The van der Waals surface area contributed by atoms with E-state index in [9.17, 15) is 10.0 Å². The monoisotopic (exact) mass is 414 g/mol. The molecule has 31 heavy (non-hydrogen) atoms. The molecule has 0 radical (unpaired) electrons. The lowest BCUT2D eigenvalue weighted by Crippen LogP contribution is -2.31. The number of aromatic nitrogens is 4. The maximum atomic E-state index is 12.5. The summed E-state index contributed by atoms with van der Waals surface area (Å²) in [7, 11) is 0. The van der Waals surface area contributed by atoms with Gasteiger partial charge < -0.3 is 5.32 Å². The second-order valence-corrected chi connectivity index (χ2v) is 7.00. The molecule has 2 heterocycles. The summed E-state index contributed by atoms with van der Waals surface area (Å²) in [5.74, 6) is 0. The van der Waals surface area contributed by atoms with E-state index >= 15 is 0 Å². The Labute approximate surface area is 179 Å². The van der Waals surface area contributed by atoms with Crippen molar-refractivity contribution in [2.75, 3.05) is 10.4 Å². The Bertz CT molecular complexity index is 1190. The zero-order valence-electron chi connectivity index (χ0n) is 17.2. The van der Waals surface area contributed by atoms with E-state index < -0.39 is 6.03 Å². The van der Waals surface area contributed by atoms with E-state index in [1.807, 2.05) is 42.9 Å².